The Bertz CT molecular complexity index is 483. The van der Waals surface area contributed by atoms with Gasteiger partial charge in [-0.05, 0) is 37.4 Å². The Morgan fingerprint density at radius 1 is 1.35 bits per heavy atom. The van der Waals surface area contributed by atoms with Crippen molar-refractivity contribution in [2.45, 2.75) is 20.0 Å². The third-order valence-corrected chi connectivity index (χ3v) is 2.71. The Balaban J connectivity index is 2.18. The van der Waals surface area contributed by atoms with E-state index in [1.165, 1.54) is 0 Å². The predicted octanol–water partition coefficient (Wildman–Crippen LogP) is 3.26. The molecule has 0 unspecified atom stereocenters. The zero-order chi connectivity index (χ0) is 12.3. The van der Waals surface area contributed by atoms with Gasteiger partial charge in [0.25, 0.3) is 0 Å². The molecule has 0 radical (unpaired) electrons. The molecule has 0 aliphatic heterocycles. The van der Waals surface area contributed by atoms with Crippen molar-refractivity contribution in [2.24, 2.45) is 0 Å². The Kier molecular flexibility index (Phi) is 3.49. The summed E-state index contributed by atoms with van der Waals surface area (Å²) in [5.74, 6) is 1.20. The van der Waals surface area contributed by atoms with E-state index in [0.29, 0.717) is 11.6 Å². The van der Waals surface area contributed by atoms with E-state index in [-0.39, 0.29) is 6.10 Å². The van der Waals surface area contributed by atoms with Gasteiger partial charge >= 0.3 is 0 Å². The number of ether oxygens (including phenoxy) is 1. The molecule has 0 amide bonds. The van der Waals surface area contributed by atoms with Gasteiger partial charge in [-0.1, -0.05) is 0 Å². The number of hydrogen-bond acceptors (Lipinski definition) is 5. The van der Waals surface area contributed by atoms with Crippen LogP contribution in [0.25, 0.3) is 0 Å². The number of anilines is 3. The molecule has 0 atom stereocenters. The molecule has 0 aromatic carbocycles. The molecular formula is C12H15N3OS. The second kappa shape index (κ2) is 5.05. The lowest BCUT2D eigenvalue weighted by molar-refractivity contribution is 0.234. The molecular weight excluding hydrogens is 234 g/mol. The third kappa shape index (κ3) is 3.10. The van der Waals surface area contributed by atoms with Crippen LogP contribution in [-0.4, -0.2) is 11.1 Å². The molecule has 2 aromatic rings. The minimum Gasteiger partial charge on any atom is -0.473 e. The summed E-state index contributed by atoms with van der Waals surface area (Å²) in [6, 6.07) is 5.62. The molecule has 3 N–H and O–H groups in total. The van der Waals surface area contributed by atoms with Crippen LogP contribution in [-0.2, 0) is 0 Å². The van der Waals surface area contributed by atoms with Gasteiger partial charge in [-0.15, -0.1) is 0 Å². The molecule has 2 aromatic heterocycles. The minimum absolute atomic E-state index is 0.0567. The molecule has 90 valence electrons. The summed E-state index contributed by atoms with van der Waals surface area (Å²) in [7, 11) is 0. The smallest absolute Gasteiger partial charge is 0.239 e. The van der Waals surface area contributed by atoms with Crippen LogP contribution >= 0.6 is 11.3 Å². The highest BCUT2D eigenvalue weighted by molar-refractivity contribution is 7.08. The fourth-order valence-electron chi connectivity index (χ4n) is 1.32. The molecule has 0 saturated heterocycles. The van der Waals surface area contributed by atoms with Crippen LogP contribution in [0, 0.1) is 0 Å². The summed E-state index contributed by atoms with van der Waals surface area (Å²) in [6.07, 6.45) is 0.0567. The van der Waals surface area contributed by atoms with Crippen molar-refractivity contribution in [2.75, 3.05) is 11.1 Å². The van der Waals surface area contributed by atoms with E-state index in [9.17, 15) is 0 Å². The van der Waals surface area contributed by atoms with Gasteiger partial charge in [-0.25, -0.2) is 0 Å². The Morgan fingerprint density at radius 3 is 2.82 bits per heavy atom. The first-order valence-electron chi connectivity index (χ1n) is 5.37. The SMILES string of the molecule is CC(C)Oc1nc(Nc2ccsc2)ccc1N. The first kappa shape index (κ1) is 11.7. The van der Waals surface area contributed by atoms with Crippen molar-refractivity contribution in [1.82, 2.24) is 4.98 Å². The maximum atomic E-state index is 5.80. The Labute approximate surface area is 104 Å². The average molecular weight is 249 g/mol. The Morgan fingerprint density at radius 2 is 2.18 bits per heavy atom. The topological polar surface area (TPSA) is 60.2 Å². The van der Waals surface area contributed by atoms with Crippen LogP contribution in [0.15, 0.2) is 29.0 Å². The molecule has 4 nitrogen and oxygen atoms in total. The van der Waals surface area contributed by atoms with Crippen LogP contribution in [0.1, 0.15) is 13.8 Å². The molecule has 2 rings (SSSR count). The number of pyridine rings is 1. The van der Waals surface area contributed by atoms with Crippen LogP contribution in [0.5, 0.6) is 5.88 Å². The van der Waals surface area contributed by atoms with Gasteiger partial charge in [-0.2, -0.15) is 16.3 Å². The van der Waals surface area contributed by atoms with Gasteiger partial charge in [-0.3, -0.25) is 0 Å². The van der Waals surface area contributed by atoms with Crippen LogP contribution in [0.3, 0.4) is 0 Å². The van der Waals surface area contributed by atoms with Crippen molar-refractivity contribution in [3.63, 3.8) is 0 Å². The van der Waals surface area contributed by atoms with Crippen LogP contribution in [0.2, 0.25) is 0 Å². The van der Waals surface area contributed by atoms with Gasteiger partial charge < -0.3 is 15.8 Å². The van der Waals surface area contributed by atoms with E-state index in [0.717, 1.165) is 11.5 Å². The number of nitrogens with zero attached hydrogens (tertiary/aromatic N) is 1. The van der Waals surface area contributed by atoms with Crippen LogP contribution in [0.4, 0.5) is 17.2 Å². The average Bonchev–Trinajstić information content (AvgIpc) is 2.75. The first-order chi connectivity index (χ1) is 8.15. The van der Waals surface area contributed by atoms with Gasteiger partial charge in [0, 0.05) is 5.38 Å². The zero-order valence-corrected chi connectivity index (χ0v) is 10.6. The van der Waals surface area contributed by atoms with E-state index in [1.54, 1.807) is 17.4 Å². The third-order valence-electron chi connectivity index (χ3n) is 2.03. The lowest BCUT2D eigenvalue weighted by Crippen LogP contribution is -2.09. The van der Waals surface area contributed by atoms with E-state index < -0.39 is 0 Å². The maximum absolute atomic E-state index is 5.80. The van der Waals surface area contributed by atoms with E-state index in [4.69, 9.17) is 10.5 Å². The van der Waals surface area contributed by atoms with Crippen molar-refractivity contribution in [3.8, 4) is 5.88 Å². The van der Waals surface area contributed by atoms with Crippen LogP contribution < -0.4 is 15.8 Å². The number of aromatic nitrogens is 1. The first-order valence-corrected chi connectivity index (χ1v) is 6.32. The highest BCUT2D eigenvalue weighted by atomic mass is 32.1. The summed E-state index contributed by atoms with van der Waals surface area (Å²) < 4.78 is 5.53. The van der Waals surface area contributed by atoms with Crippen molar-refractivity contribution >= 4 is 28.5 Å². The maximum Gasteiger partial charge on any atom is 0.239 e. The lowest BCUT2D eigenvalue weighted by Gasteiger charge is -2.12. The molecule has 2 heterocycles. The predicted molar refractivity (Wildman–Crippen MR) is 72.0 cm³/mol. The lowest BCUT2D eigenvalue weighted by atomic mass is 10.3. The molecule has 0 bridgehead atoms. The highest BCUT2D eigenvalue weighted by Gasteiger charge is 2.06. The second-order valence-corrected chi connectivity index (χ2v) is 4.67. The van der Waals surface area contributed by atoms with Crippen molar-refractivity contribution in [1.29, 1.82) is 0 Å². The molecule has 0 saturated carbocycles. The van der Waals surface area contributed by atoms with Gasteiger partial charge in [0.1, 0.15) is 5.82 Å². The van der Waals surface area contributed by atoms with Gasteiger partial charge in [0.15, 0.2) is 0 Å². The Hall–Kier alpha value is -1.75. The molecule has 17 heavy (non-hydrogen) atoms. The monoisotopic (exact) mass is 249 g/mol. The number of nitrogens with one attached hydrogen (secondary N) is 1. The fourth-order valence-corrected chi connectivity index (χ4v) is 1.91. The second-order valence-electron chi connectivity index (χ2n) is 3.89. The van der Waals surface area contributed by atoms with E-state index in [2.05, 4.69) is 10.3 Å². The molecule has 0 spiro atoms. The summed E-state index contributed by atoms with van der Waals surface area (Å²) in [4.78, 5) is 4.33. The van der Waals surface area contributed by atoms with Gasteiger partial charge in [0.05, 0.1) is 17.5 Å². The number of rotatable bonds is 4. The molecule has 5 heteroatoms. The van der Waals surface area contributed by atoms with Gasteiger partial charge in [0.2, 0.25) is 5.88 Å². The number of hydrogen-bond donors (Lipinski definition) is 2. The molecule has 0 fully saturated rings. The summed E-state index contributed by atoms with van der Waals surface area (Å²) in [5, 5.41) is 7.21. The van der Waals surface area contributed by atoms with E-state index in [1.807, 2.05) is 36.7 Å². The largest absolute Gasteiger partial charge is 0.473 e. The molecule has 0 aliphatic rings. The summed E-state index contributed by atoms with van der Waals surface area (Å²) in [6.45, 7) is 3.89. The standard InChI is InChI=1S/C12H15N3OS/c1-8(2)16-12-10(13)3-4-11(15-12)14-9-5-6-17-7-9/h3-8H,13H2,1-2H3,(H,14,15). The van der Waals surface area contributed by atoms with Crippen molar-refractivity contribution in [3.05, 3.63) is 29.0 Å². The number of nitrogens with two attached hydrogens (primary N) is 1. The van der Waals surface area contributed by atoms with E-state index >= 15 is 0 Å². The minimum atomic E-state index is 0.0567. The normalized spacial score (nSPS) is 10.5. The fraction of sp³-hybridized carbons (Fsp3) is 0.250. The zero-order valence-electron chi connectivity index (χ0n) is 9.81. The number of nitrogen functional groups attached to an aromatic ring is 1. The van der Waals surface area contributed by atoms with Crippen molar-refractivity contribution < 1.29 is 4.74 Å². The summed E-state index contributed by atoms with van der Waals surface area (Å²) >= 11 is 1.63. The molecule has 0 aliphatic carbocycles. The summed E-state index contributed by atoms with van der Waals surface area (Å²) in [5.41, 5.74) is 7.36. The quantitative estimate of drug-likeness (QED) is 0.873. The highest BCUT2D eigenvalue weighted by Crippen LogP contribution is 2.24. The number of thiophene rings is 1.